The Hall–Kier alpha value is -2.19. The van der Waals surface area contributed by atoms with Crippen LogP contribution in [-0.2, 0) is 12.2 Å². The molecule has 0 aliphatic heterocycles. The third-order valence-electron chi connectivity index (χ3n) is 8.84. The largest absolute Gasteiger partial charge is 0.508 e. The van der Waals surface area contributed by atoms with Crippen molar-refractivity contribution in [2.45, 2.75) is 134 Å². The van der Waals surface area contributed by atoms with Crippen LogP contribution >= 0.6 is 11.8 Å². The molecule has 0 bridgehead atoms. The van der Waals surface area contributed by atoms with E-state index in [0.29, 0.717) is 17.6 Å². The smallest absolute Gasteiger partial charge is 0.119 e. The molecule has 0 aromatic heterocycles. The van der Waals surface area contributed by atoms with E-state index in [1.165, 1.54) is 113 Å². The predicted molar refractivity (Wildman–Crippen MR) is 187 cm³/mol. The molecule has 2 heteroatoms. The lowest BCUT2D eigenvalue weighted by atomic mass is 9.86. The summed E-state index contributed by atoms with van der Waals surface area (Å²) in [4.78, 5) is 0. The van der Waals surface area contributed by atoms with Crippen LogP contribution in [-0.4, -0.2) is 10.9 Å². The molecule has 2 atom stereocenters. The Morgan fingerprint density at radius 3 is 1.79 bits per heavy atom. The van der Waals surface area contributed by atoms with E-state index in [4.69, 9.17) is 0 Å². The second kappa shape index (κ2) is 21.5. The maximum Gasteiger partial charge on any atom is 0.119 e. The quantitative estimate of drug-likeness (QED) is 0.112. The van der Waals surface area contributed by atoms with E-state index < -0.39 is 0 Å². The highest BCUT2D eigenvalue weighted by atomic mass is 32.2. The van der Waals surface area contributed by atoms with Gasteiger partial charge in [0.25, 0.3) is 0 Å². The highest BCUT2D eigenvalue weighted by molar-refractivity contribution is 7.98. The first-order chi connectivity index (χ1) is 20.7. The van der Waals surface area contributed by atoms with Crippen molar-refractivity contribution < 1.29 is 5.11 Å². The maximum absolute atomic E-state index is 10.6. The van der Waals surface area contributed by atoms with Crippen LogP contribution in [0.3, 0.4) is 0 Å². The SMILES string of the molecule is CCCCCCCCCc1ccc(O)c(CSCC(CCCC(CCCCCC)c2ccccc2)c2ccccc2)c1. The first kappa shape index (κ1) is 34.3. The highest BCUT2D eigenvalue weighted by Crippen LogP contribution is 2.33. The number of phenolic OH excluding ortho intramolecular Hbond substituents is 1. The molecule has 0 saturated heterocycles. The number of aromatic hydroxyl groups is 1. The second-order valence-corrected chi connectivity index (χ2v) is 13.4. The fourth-order valence-electron chi connectivity index (χ4n) is 6.21. The Labute approximate surface area is 262 Å². The van der Waals surface area contributed by atoms with Crippen LogP contribution in [0.2, 0.25) is 0 Å². The Balaban J connectivity index is 1.51. The van der Waals surface area contributed by atoms with Crippen LogP contribution in [0.1, 0.15) is 144 Å². The Kier molecular flexibility index (Phi) is 17.6. The van der Waals surface area contributed by atoms with Gasteiger partial charge < -0.3 is 5.11 Å². The number of aryl methyl sites for hydroxylation is 1. The van der Waals surface area contributed by atoms with Crippen molar-refractivity contribution in [1.82, 2.24) is 0 Å². The van der Waals surface area contributed by atoms with Crippen LogP contribution < -0.4 is 0 Å². The van der Waals surface area contributed by atoms with Gasteiger partial charge in [-0.05, 0) is 66.7 Å². The van der Waals surface area contributed by atoms with E-state index in [-0.39, 0.29) is 0 Å². The number of hydrogen-bond donors (Lipinski definition) is 1. The molecule has 0 amide bonds. The first-order valence-corrected chi connectivity index (χ1v) is 18.3. The fourth-order valence-corrected chi connectivity index (χ4v) is 7.42. The van der Waals surface area contributed by atoms with Crippen LogP contribution in [0.25, 0.3) is 0 Å². The summed E-state index contributed by atoms with van der Waals surface area (Å²) in [6, 6.07) is 28.7. The molecule has 3 aromatic rings. The number of unbranched alkanes of at least 4 members (excludes halogenated alkanes) is 9. The summed E-state index contributed by atoms with van der Waals surface area (Å²) >= 11 is 1.99. The summed E-state index contributed by atoms with van der Waals surface area (Å²) < 4.78 is 0. The molecule has 1 N–H and O–H groups in total. The zero-order chi connectivity index (χ0) is 29.7. The van der Waals surface area contributed by atoms with Crippen molar-refractivity contribution in [1.29, 1.82) is 0 Å². The van der Waals surface area contributed by atoms with Gasteiger partial charge in [0.1, 0.15) is 5.75 Å². The average molecular weight is 587 g/mol. The Morgan fingerprint density at radius 2 is 1.12 bits per heavy atom. The number of benzene rings is 3. The molecule has 2 unspecified atom stereocenters. The normalized spacial score (nSPS) is 12.8. The lowest BCUT2D eigenvalue weighted by molar-refractivity contribution is 0.470. The standard InChI is InChI=1S/C40H58OS/c1-3-5-7-9-10-11-14-21-34-29-30-40(41)39(31-34)33-42-32-38(37-25-18-13-19-26-37)28-20-27-36(22-15-8-6-4-2)35-23-16-12-17-24-35/h12-13,16-19,23-26,29-31,36,38,41H,3-11,14-15,20-22,27-28,32-33H2,1-2H3. The minimum atomic E-state index is 0.454. The van der Waals surface area contributed by atoms with Gasteiger partial charge in [-0.15, -0.1) is 0 Å². The topological polar surface area (TPSA) is 20.2 Å². The number of phenols is 1. The van der Waals surface area contributed by atoms with Gasteiger partial charge in [0.15, 0.2) is 0 Å². The molecule has 3 rings (SSSR count). The fraction of sp³-hybridized carbons (Fsp3) is 0.550. The summed E-state index contributed by atoms with van der Waals surface area (Å²) in [6.45, 7) is 4.58. The number of rotatable bonds is 23. The second-order valence-electron chi connectivity index (χ2n) is 12.3. The van der Waals surface area contributed by atoms with Crippen molar-refractivity contribution in [3.05, 3.63) is 101 Å². The Bertz CT molecular complexity index is 1060. The molecule has 230 valence electrons. The third kappa shape index (κ3) is 13.4. The summed E-state index contributed by atoms with van der Waals surface area (Å²) in [5.74, 6) is 3.65. The van der Waals surface area contributed by atoms with E-state index in [2.05, 4.69) is 86.6 Å². The molecule has 1 nitrogen and oxygen atoms in total. The summed E-state index contributed by atoms with van der Waals surface area (Å²) in [6.07, 6.45) is 20.9. The molecule has 0 aliphatic rings. The summed E-state index contributed by atoms with van der Waals surface area (Å²) in [7, 11) is 0. The zero-order valence-electron chi connectivity index (χ0n) is 26.7. The molecular weight excluding hydrogens is 529 g/mol. The molecular formula is C40H58OS. The summed E-state index contributed by atoms with van der Waals surface area (Å²) in [5, 5.41) is 10.6. The van der Waals surface area contributed by atoms with Gasteiger partial charge in [-0.2, -0.15) is 11.8 Å². The molecule has 0 heterocycles. The van der Waals surface area contributed by atoms with Gasteiger partial charge in [0.05, 0.1) is 0 Å². The molecule has 0 aliphatic carbocycles. The van der Waals surface area contributed by atoms with Gasteiger partial charge in [-0.1, -0.05) is 157 Å². The van der Waals surface area contributed by atoms with Crippen molar-refractivity contribution in [2.75, 3.05) is 5.75 Å². The van der Waals surface area contributed by atoms with E-state index in [9.17, 15) is 5.11 Å². The van der Waals surface area contributed by atoms with Gasteiger partial charge >= 0.3 is 0 Å². The van der Waals surface area contributed by atoms with Crippen LogP contribution in [0, 0.1) is 0 Å². The number of hydrogen-bond acceptors (Lipinski definition) is 2. The Morgan fingerprint density at radius 1 is 0.571 bits per heavy atom. The molecule has 42 heavy (non-hydrogen) atoms. The van der Waals surface area contributed by atoms with Crippen molar-refractivity contribution in [3.63, 3.8) is 0 Å². The highest BCUT2D eigenvalue weighted by Gasteiger charge is 2.16. The van der Waals surface area contributed by atoms with E-state index >= 15 is 0 Å². The van der Waals surface area contributed by atoms with Crippen LogP contribution in [0.15, 0.2) is 78.9 Å². The van der Waals surface area contributed by atoms with E-state index in [1.54, 1.807) is 0 Å². The molecule has 0 saturated carbocycles. The minimum absolute atomic E-state index is 0.454. The first-order valence-electron chi connectivity index (χ1n) is 17.2. The molecule has 0 spiro atoms. The zero-order valence-corrected chi connectivity index (χ0v) is 27.6. The van der Waals surface area contributed by atoms with Gasteiger partial charge in [0, 0.05) is 17.1 Å². The van der Waals surface area contributed by atoms with E-state index in [1.807, 2.05) is 17.8 Å². The van der Waals surface area contributed by atoms with Gasteiger partial charge in [0.2, 0.25) is 0 Å². The molecule has 0 radical (unpaired) electrons. The van der Waals surface area contributed by atoms with Crippen LogP contribution in [0.4, 0.5) is 0 Å². The van der Waals surface area contributed by atoms with Crippen LogP contribution in [0.5, 0.6) is 5.75 Å². The third-order valence-corrected chi connectivity index (χ3v) is 10.00. The summed E-state index contributed by atoms with van der Waals surface area (Å²) in [5.41, 5.74) is 5.46. The average Bonchev–Trinajstić information content (AvgIpc) is 3.03. The number of thioether (sulfide) groups is 1. The van der Waals surface area contributed by atoms with Gasteiger partial charge in [-0.25, -0.2) is 0 Å². The molecule has 3 aromatic carbocycles. The van der Waals surface area contributed by atoms with Crippen molar-refractivity contribution >= 4 is 11.8 Å². The maximum atomic E-state index is 10.6. The molecule has 0 fully saturated rings. The lowest BCUT2D eigenvalue weighted by Gasteiger charge is -2.21. The minimum Gasteiger partial charge on any atom is -0.508 e. The predicted octanol–water partition coefficient (Wildman–Crippen LogP) is 12.6. The van der Waals surface area contributed by atoms with E-state index in [0.717, 1.165) is 23.5 Å². The van der Waals surface area contributed by atoms with Crippen molar-refractivity contribution in [2.24, 2.45) is 0 Å². The lowest BCUT2D eigenvalue weighted by Crippen LogP contribution is -2.05. The van der Waals surface area contributed by atoms with Crippen molar-refractivity contribution in [3.8, 4) is 5.75 Å². The monoisotopic (exact) mass is 586 g/mol. The van der Waals surface area contributed by atoms with Gasteiger partial charge in [-0.3, -0.25) is 0 Å².